The Morgan fingerprint density at radius 1 is 0.667 bits per heavy atom. The first-order valence-corrected chi connectivity index (χ1v) is 11.3. The molecule has 3 nitrogen and oxygen atoms in total. The van der Waals surface area contributed by atoms with Crippen molar-refractivity contribution >= 4 is 49.4 Å². The van der Waals surface area contributed by atoms with E-state index in [2.05, 4.69) is 60.8 Å². The summed E-state index contributed by atoms with van der Waals surface area (Å²) >= 11 is 0. The van der Waals surface area contributed by atoms with Crippen LogP contribution < -0.4 is 5.32 Å². The Labute approximate surface area is 177 Å². The zero-order chi connectivity index (χ0) is 20.5. The van der Waals surface area contributed by atoms with Crippen LogP contribution in [0, 0.1) is 6.92 Å². The van der Waals surface area contributed by atoms with Crippen molar-refractivity contribution in [3.8, 4) is 0 Å². The molecule has 0 spiro atoms. The highest BCUT2D eigenvalue weighted by Gasteiger charge is 2.12. The molecular weight excluding hydrogens is 370 g/mol. The van der Waals surface area contributed by atoms with Gasteiger partial charge in [-0.1, -0.05) is 63.3 Å². The van der Waals surface area contributed by atoms with Gasteiger partial charge in [-0.25, -0.2) is 0 Å². The summed E-state index contributed by atoms with van der Waals surface area (Å²) in [4.78, 5) is 0. The highest BCUT2D eigenvalue weighted by Crippen LogP contribution is 2.37. The number of aryl methyl sites for hydroxylation is 1. The molecule has 154 valence electrons. The summed E-state index contributed by atoms with van der Waals surface area (Å²) in [6, 6.07) is 17.2. The first-order valence-electron chi connectivity index (χ1n) is 11.3. The maximum Gasteiger partial charge on any atom is 0.194 e. The van der Waals surface area contributed by atoms with Gasteiger partial charge in [0.25, 0.3) is 0 Å². The van der Waals surface area contributed by atoms with E-state index < -0.39 is 0 Å². The molecule has 3 aromatic carbocycles. The van der Waals surface area contributed by atoms with Gasteiger partial charge >= 0.3 is 0 Å². The lowest BCUT2D eigenvalue weighted by atomic mass is 9.99. The van der Waals surface area contributed by atoms with Crippen LogP contribution in [-0.4, -0.2) is 6.54 Å². The van der Waals surface area contributed by atoms with Crippen LogP contribution in [0.1, 0.15) is 51.2 Å². The largest absolute Gasteiger partial charge is 0.461 e. The van der Waals surface area contributed by atoms with Gasteiger partial charge in [0.15, 0.2) is 5.88 Å². The summed E-state index contributed by atoms with van der Waals surface area (Å²) in [5, 5.41) is 10.5. The van der Waals surface area contributed by atoms with Crippen molar-refractivity contribution < 1.29 is 8.83 Å². The fraction of sp³-hybridized carbons (Fsp3) is 0.333. The average molecular weight is 400 g/mol. The van der Waals surface area contributed by atoms with Gasteiger partial charge < -0.3 is 14.2 Å². The SMILES string of the molecule is CCCCCCCCNc1cc2ccc3c4ccc5cc(C)oc5c4ccc3c2o1. The van der Waals surface area contributed by atoms with E-state index in [1.165, 1.54) is 49.3 Å². The number of hydrogen-bond donors (Lipinski definition) is 1. The molecule has 3 heteroatoms. The van der Waals surface area contributed by atoms with Gasteiger partial charge in [-0.05, 0) is 42.3 Å². The molecular formula is C27H29NO2. The van der Waals surface area contributed by atoms with E-state index >= 15 is 0 Å². The number of unbranched alkanes of at least 4 members (excludes halogenated alkanes) is 5. The van der Waals surface area contributed by atoms with Crippen LogP contribution in [0.15, 0.2) is 57.4 Å². The molecule has 0 saturated heterocycles. The van der Waals surface area contributed by atoms with E-state index in [0.29, 0.717) is 0 Å². The third-order valence-corrected chi connectivity index (χ3v) is 6.11. The lowest BCUT2D eigenvalue weighted by Crippen LogP contribution is -1.99. The van der Waals surface area contributed by atoms with Crippen molar-refractivity contribution in [2.75, 3.05) is 11.9 Å². The monoisotopic (exact) mass is 399 g/mol. The summed E-state index contributed by atoms with van der Waals surface area (Å²) in [5.74, 6) is 1.81. The van der Waals surface area contributed by atoms with Gasteiger partial charge in [-0.15, -0.1) is 0 Å². The predicted molar refractivity (Wildman–Crippen MR) is 128 cm³/mol. The molecule has 0 bridgehead atoms. The number of benzene rings is 3. The minimum absolute atomic E-state index is 0.864. The molecule has 0 fully saturated rings. The summed E-state index contributed by atoms with van der Waals surface area (Å²) in [6.07, 6.45) is 7.80. The molecule has 5 rings (SSSR count). The minimum atomic E-state index is 0.864. The minimum Gasteiger partial charge on any atom is -0.461 e. The Bertz CT molecular complexity index is 1320. The van der Waals surface area contributed by atoms with Crippen molar-refractivity contribution in [1.29, 1.82) is 0 Å². The van der Waals surface area contributed by atoms with Gasteiger partial charge in [-0.3, -0.25) is 0 Å². The first-order chi connectivity index (χ1) is 14.7. The molecule has 0 aliphatic heterocycles. The Morgan fingerprint density at radius 2 is 1.27 bits per heavy atom. The highest BCUT2D eigenvalue weighted by molar-refractivity contribution is 6.20. The molecule has 0 radical (unpaired) electrons. The molecule has 0 amide bonds. The summed E-state index contributed by atoms with van der Waals surface area (Å²) in [7, 11) is 0. The molecule has 2 aromatic heterocycles. The zero-order valence-electron chi connectivity index (χ0n) is 17.9. The van der Waals surface area contributed by atoms with Gasteiger partial charge in [-0.2, -0.15) is 0 Å². The Morgan fingerprint density at radius 3 is 2.00 bits per heavy atom. The first kappa shape index (κ1) is 19.0. The molecule has 0 aliphatic rings. The topological polar surface area (TPSA) is 38.3 Å². The van der Waals surface area contributed by atoms with Gasteiger partial charge in [0.2, 0.25) is 0 Å². The maximum atomic E-state index is 6.23. The smallest absolute Gasteiger partial charge is 0.194 e. The highest BCUT2D eigenvalue weighted by atomic mass is 16.3. The number of fused-ring (bicyclic) bond motifs is 7. The number of rotatable bonds is 8. The van der Waals surface area contributed by atoms with Crippen LogP contribution in [-0.2, 0) is 0 Å². The Kier molecular flexibility index (Phi) is 5.12. The van der Waals surface area contributed by atoms with E-state index in [1.54, 1.807) is 0 Å². The van der Waals surface area contributed by atoms with E-state index in [0.717, 1.165) is 50.9 Å². The normalized spacial score (nSPS) is 11.9. The Hall–Kier alpha value is -2.94. The molecule has 0 saturated carbocycles. The van der Waals surface area contributed by atoms with Crippen molar-refractivity contribution in [1.82, 2.24) is 0 Å². The van der Waals surface area contributed by atoms with Crippen LogP contribution in [0.5, 0.6) is 0 Å². The number of hydrogen-bond acceptors (Lipinski definition) is 3. The molecule has 0 atom stereocenters. The molecule has 2 heterocycles. The summed E-state index contributed by atoms with van der Waals surface area (Å²) in [6.45, 7) is 5.22. The van der Waals surface area contributed by atoms with Crippen molar-refractivity contribution in [2.24, 2.45) is 0 Å². The van der Waals surface area contributed by atoms with Crippen molar-refractivity contribution in [3.05, 3.63) is 54.3 Å². The number of anilines is 1. The fourth-order valence-corrected chi connectivity index (χ4v) is 4.55. The maximum absolute atomic E-state index is 6.23. The number of nitrogens with one attached hydrogen (secondary N) is 1. The zero-order valence-corrected chi connectivity index (χ0v) is 17.9. The lowest BCUT2D eigenvalue weighted by molar-refractivity contribution is 0.581. The molecule has 30 heavy (non-hydrogen) atoms. The lowest BCUT2D eigenvalue weighted by Gasteiger charge is -2.05. The van der Waals surface area contributed by atoms with Crippen LogP contribution in [0.3, 0.4) is 0 Å². The van der Waals surface area contributed by atoms with E-state index in [4.69, 9.17) is 8.83 Å². The van der Waals surface area contributed by atoms with E-state index in [9.17, 15) is 0 Å². The molecule has 0 unspecified atom stereocenters. The second-order valence-electron chi connectivity index (χ2n) is 8.39. The van der Waals surface area contributed by atoms with E-state index in [1.807, 2.05) is 6.92 Å². The Balaban J connectivity index is 1.43. The summed E-state index contributed by atoms with van der Waals surface area (Å²) in [5.41, 5.74) is 1.92. The van der Waals surface area contributed by atoms with Gasteiger partial charge in [0, 0.05) is 34.2 Å². The summed E-state index contributed by atoms with van der Waals surface area (Å²) < 4.78 is 12.2. The molecule has 0 aliphatic carbocycles. The van der Waals surface area contributed by atoms with Crippen LogP contribution in [0.25, 0.3) is 43.5 Å². The third kappa shape index (κ3) is 3.43. The average Bonchev–Trinajstić information content (AvgIpc) is 3.35. The van der Waals surface area contributed by atoms with Crippen LogP contribution >= 0.6 is 0 Å². The number of furan rings is 2. The quantitative estimate of drug-likeness (QED) is 0.210. The predicted octanol–water partition coefficient (Wildman–Crippen LogP) is 8.57. The second kappa shape index (κ2) is 8.06. The van der Waals surface area contributed by atoms with E-state index in [-0.39, 0.29) is 0 Å². The van der Waals surface area contributed by atoms with Crippen molar-refractivity contribution in [2.45, 2.75) is 52.4 Å². The van der Waals surface area contributed by atoms with Crippen LogP contribution in [0.4, 0.5) is 5.88 Å². The van der Waals surface area contributed by atoms with Gasteiger partial charge in [0.1, 0.15) is 16.9 Å². The third-order valence-electron chi connectivity index (χ3n) is 6.11. The molecule has 5 aromatic rings. The standard InChI is InChI=1S/C27H29NO2/c1-3-4-5-6-7-8-15-28-25-17-20-10-12-22-21-11-9-19-16-18(2)29-26(19)23(21)13-14-24(22)27(20)30-25/h9-14,16-17,28H,3-8,15H2,1-2H3. The second-order valence-corrected chi connectivity index (χ2v) is 8.39. The van der Waals surface area contributed by atoms with Crippen molar-refractivity contribution in [3.63, 3.8) is 0 Å². The molecule has 1 N–H and O–H groups in total. The van der Waals surface area contributed by atoms with Gasteiger partial charge in [0.05, 0.1) is 0 Å². The van der Waals surface area contributed by atoms with Crippen LogP contribution in [0.2, 0.25) is 0 Å². The fourth-order valence-electron chi connectivity index (χ4n) is 4.55.